The molecule has 0 aliphatic rings. The maximum absolute atomic E-state index is 11.6. The maximum atomic E-state index is 11.6. The van der Waals surface area contributed by atoms with Crippen LogP contribution in [0.4, 0.5) is 4.79 Å². The molecule has 0 radical (unpaired) electrons. The Labute approximate surface area is 140 Å². The number of urea groups is 1. The molecule has 0 spiro atoms. The summed E-state index contributed by atoms with van der Waals surface area (Å²) in [5.41, 5.74) is 7.72. The number of amides is 2. The molecule has 1 rings (SSSR count). The molecule has 1 heterocycles. The molecule has 3 N–H and O–H groups in total. The highest BCUT2D eigenvalue weighted by molar-refractivity contribution is 7.98. The second-order valence-corrected chi connectivity index (χ2v) is 5.84. The Balaban J connectivity index is 3.05. The largest absolute Gasteiger partial charge is 0.476 e. The number of ether oxygens (including phenoxy) is 1. The Morgan fingerprint density at radius 3 is 2.74 bits per heavy atom. The van der Waals surface area contributed by atoms with Gasteiger partial charge in [-0.3, -0.25) is 4.79 Å². The highest BCUT2D eigenvalue weighted by Crippen LogP contribution is 2.23. The zero-order chi connectivity index (χ0) is 17.2. The average Bonchev–Trinajstić information content (AvgIpc) is 2.92. The summed E-state index contributed by atoms with van der Waals surface area (Å²) >= 11 is 1.70. The highest BCUT2D eigenvalue weighted by atomic mass is 32.2. The van der Waals surface area contributed by atoms with Gasteiger partial charge in [0.25, 0.3) is 0 Å². The summed E-state index contributed by atoms with van der Waals surface area (Å²) in [4.78, 5) is 22.4. The van der Waals surface area contributed by atoms with Gasteiger partial charge in [-0.1, -0.05) is 13.3 Å². The summed E-state index contributed by atoms with van der Waals surface area (Å²) < 4.78 is 11.1. The summed E-state index contributed by atoms with van der Waals surface area (Å²) in [5, 5.41) is 3.85. The van der Waals surface area contributed by atoms with Gasteiger partial charge in [0.2, 0.25) is 5.90 Å². The summed E-state index contributed by atoms with van der Waals surface area (Å²) in [6.45, 7) is 5.70. The van der Waals surface area contributed by atoms with Gasteiger partial charge in [0.15, 0.2) is 11.5 Å². The van der Waals surface area contributed by atoms with Gasteiger partial charge >= 0.3 is 6.03 Å². The fraction of sp³-hybridized carbons (Fsp3) is 0.533. The van der Waals surface area contributed by atoms with Crippen molar-refractivity contribution in [2.45, 2.75) is 39.4 Å². The fourth-order valence-electron chi connectivity index (χ4n) is 1.71. The van der Waals surface area contributed by atoms with Gasteiger partial charge in [-0.05, 0) is 19.1 Å². The van der Waals surface area contributed by atoms with Gasteiger partial charge in [0.1, 0.15) is 5.76 Å². The quantitative estimate of drug-likeness (QED) is 0.236. The van der Waals surface area contributed by atoms with Gasteiger partial charge in [0, 0.05) is 13.0 Å². The monoisotopic (exact) mass is 341 g/mol. The molecule has 0 saturated carbocycles. The van der Waals surface area contributed by atoms with E-state index in [-0.39, 0.29) is 17.4 Å². The Hall–Kier alpha value is -1.96. The van der Waals surface area contributed by atoms with Crippen LogP contribution in [-0.4, -0.2) is 30.1 Å². The number of Topliss-reactive ketones (excluding diaryl/α,β-unsaturated/α-hetero) is 1. The lowest BCUT2D eigenvalue weighted by molar-refractivity contribution is 0.0986. The zero-order valence-electron chi connectivity index (χ0n) is 13.7. The molecule has 8 heteroatoms. The molecule has 2 amide bonds. The van der Waals surface area contributed by atoms with E-state index in [0.29, 0.717) is 23.7 Å². The number of hydrogen-bond acceptors (Lipinski definition) is 6. The number of hydrazone groups is 1. The zero-order valence-corrected chi connectivity index (χ0v) is 14.5. The van der Waals surface area contributed by atoms with Gasteiger partial charge in [0.05, 0.1) is 17.9 Å². The van der Waals surface area contributed by atoms with Crippen LogP contribution in [-0.2, 0) is 10.5 Å². The molecule has 1 aromatic rings. The number of carbonyl (C=O) groups excluding carboxylic acids is 2. The lowest BCUT2D eigenvalue weighted by Crippen LogP contribution is -2.26. The van der Waals surface area contributed by atoms with Crippen molar-refractivity contribution in [1.29, 1.82) is 0 Å². The Bertz CT molecular complexity index is 569. The van der Waals surface area contributed by atoms with E-state index in [9.17, 15) is 9.59 Å². The van der Waals surface area contributed by atoms with Crippen molar-refractivity contribution in [3.8, 4) is 0 Å². The van der Waals surface area contributed by atoms with E-state index in [1.807, 2.05) is 0 Å². The van der Waals surface area contributed by atoms with Crippen molar-refractivity contribution in [2.24, 2.45) is 10.8 Å². The number of nitrogens with zero attached hydrogens (tertiary/aromatic N) is 1. The molecule has 0 aromatic carbocycles. The van der Waals surface area contributed by atoms with Crippen LogP contribution in [0, 0.1) is 0 Å². The topological polar surface area (TPSA) is 107 Å². The molecule has 0 aliphatic heterocycles. The first-order chi connectivity index (χ1) is 11.0. The van der Waals surface area contributed by atoms with Crippen LogP contribution in [0.5, 0.6) is 0 Å². The van der Waals surface area contributed by atoms with Crippen LogP contribution >= 0.6 is 11.8 Å². The lowest BCUT2D eigenvalue weighted by atomic mass is 10.2. The predicted molar refractivity (Wildman–Crippen MR) is 90.7 cm³/mol. The number of nitrogens with one attached hydrogen (secondary N) is 1. The van der Waals surface area contributed by atoms with Crippen LogP contribution in [0.1, 0.15) is 55.5 Å². The smallest absolute Gasteiger partial charge is 0.332 e. The van der Waals surface area contributed by atoms with E-state index in [4.69, 9.17) is 14.9 Å². The van der Waals surface area contributed by atoms with Gasteiger partial charge < -0.3 is 14.9 Å². The third-order valence-corrected chi connectivity index (χ3v) is 3.85. The normalized spacial score (nSPS) is 11.3. The van der Waals surface area contributed by atoms with Crippen molar-refractivity contribution in [2.75, 3.05) is 12.4 Å². The van der Waals surface area contributed by atoms with Crippen LogP contribution in [0.3, 0.4) is 0 Å². The van der Waals surface area contributed by atoms with Crippen molar-refractivity contribution in [1.82, 2.24) is 5.43 Å². The van der Waals surface area contributed by atoms with E-state index < -0.39 is 6.03 Å². The molecule has 0 aliphatic carbocycles. The van der Waals surface area contributed by atoms with Crippen LogP contribution in [0.2, 0.25) is 0 Å². The number of thioether (sulfide) groups is 1. The van der Waals surface area contributed by atoms with Crippen molar-refractivity contribution < 1.29 is 18.7 Å². The van der Waals surface area contributed by atoms with Crippen molar-refractivity contribution in [3.63, 3.8) is 0 Å². The second-order valence-electron chi connectivity index (χ2n) is 4.74. The van der Waals surface area contributed by atoms with Crippen LogP contribution in [0.25, 0.3) is 0 Å². The molecular weight excluding hydrogens is 318 g/mol. The number of hydrogen-bond donors (Lipinski definition) is 2. The third kappa shape index (κ3) is 6.35. The van der Waals surface area contributed by atoms with Crippen molar-refractivity contribution in [3.05, 3.63) is 23.2 Å². The van der Waals surface area contributed by atoms with E-state index in [2.05, 4.69) is 17.5 Å². The number of unbranched alkanes of at least 4 members (excludes halogenated alkanes) is 1. The van der Waals surface area contributed by atoms with E-state index in [1.54, 1.807) is 24.8 Å². The Kier molecular flexibility index (Phi) is 8.25. The molecule has 0 fully saturated rings. The van der Waals surface area contributed by atoms with Crippen LogP contribution in [0.15, 0.2) is 15.6 Å². The Morgan fingerprint density at radius 1 is 1.43 bits per heavy atom. The molecule has 0 atom stereocenters. The summed E-state index contributed by atoms with van der Waals surface area (Å²) in [6.07, 6.45) is 2.22. The minimum absolute atomic E-state index is 0.175. The van der Waals surface area contributed by atoms with Crippen molar-refractivity contribution >= 4 is 29.5 Å². The molecule has 1 aromatic heterocycles. The first-order valence-corrected chi connectivity index (χ1v) is 8.62. The third-order valence-electron chi connectivity index (χ3n) is 2.81. The van der Waals surface area contributed by atoms with E-state index in [0.717, 1.165) is 18.6 Å². The maximum Gasteiger partial charge on any atom is 0.332 e. The molecule has 0 saturated heterocycles. The minimum atomic E-state index is -0.795. The average molecular weight is 341 g/mol. The first kappa shape index (κ1) is 19.1. The van der Waals surface area contributed by atoms with Gasteiger partial charge in [-0.15, -0.1) is 5.10 Å². The summed E-state index contributed by atoms with van der Waals surface area (Å²) in [5.74, 6) is 2.40. The lowest BCUT2D eigenvalue weighted by Gasteiger charge is -2.07. The number of furan rings is 1. The van der Waals surface area contributed by atoms with Crippen LogP contribution < -0.4 is 11.2 Å². The van der Waals surface area contributed by atoms with E-state index in [1.165, 1.54) is 6.92 Å². The number of rotatable bonds is 9. The predicted octanol–water partition coefficient (Wildman–Crippen LogP) is 2.88. The second kappa shape index (κ2) is 9.94. The fourth-order valence-corrected chi connectivity index (χ4v) is 2.75. The van der Waals surface area contributed by atoms with E-state index >= 15 is 0 Å². The molecule has 7 nitrogen and oxygen atoms in total. The SMILES string of the molecule is CCCCSCc1oc(C(C)=O)cc1C(=NNC(N)=O)OCC. The van der Waals surface area contributed by atoms with Gasteiger partial charge in [-0.25, -0.2) is 10.2 Å². The Morgan fingerprint density at radius 2 is 2.17 bits per heavy atom. The molecule has 0 bridgehead atoms. The number of primary amides is 1. The highest BCUT2D eigenvalue weighted by Gasteiger charge is 2.20. The minimum Gasteiger partial charge on any atom is -0.476 e. The molecule has 0 unspecified atom stereocenters. The standard InChI is InChI=1S/C15H23N3O4S/c1-4-6-7-23-9-13-11(8-12(22-13)10(3)19)14(21-5-2)17-18-15(16)20/h8H,4-7,9H2,1-3H3,(H3,16,18,20). The number of nitrogens with two attached hydrogens (primary N) is 1. The number of carbonyl (C=O) groups is 2. The summed E-state index contributed by atoms with van der Waals surface area (Å²) in [6, 6.07) is 0.784. The molecule has 23 heavy (non-hydrogen) atoms. The van der Waals surface area contributed by atoms with Gasteiger partial charge in [-0.2, -0.15) is 11.8 Å². The summed E-state index contributed by atoms with van der Waals surface area (Å²) in [7, 11) is 0. The molecular formula is C15H23N3O4S. The first-order valence-electron chi connectivity index (χ1n) is 7.47. The number of ketones is 1. The molecule has 128 valence electrons.